The lowest BCUT2D eigenvalue weighted by atomic mass is 9.85. The summed E-state index contributed by atoms with van der Waals surface area (Å²) in [5.74, 6) is 1.35. The predicted octanol–water partition coefficient (Wildman–Crippen LogP) is 3.40. The van der Waals surface area contributed by atoms with Crippen LogP contribution in [0.1, 0.15) is 70.6 Å². The van der Waals surface area contributed by atoms with E-state index in [-0.39, 0.29) is 30.3 Å². The zero-order valence-corrected chi connectivity index (χ0v) is 13.4. The number of nitrogens with one attached hydrogen (secondary N) is 1. The Hall–Kier alpha value is -0.280. The highest BCUT2D eigenvalue weighted by Crippen LogP contribution is 2.27. The first-order chi connectivity index (χ1) is 9.25. The van der Waals surface area contributed by atoms with E-state index in [1.807, 2.05) is 0 Å². The lowest BCUT2D eigenvalue weighted by Gasteiger charge is -2.26. The Morgan fingerprint density at radius 2 is 1.80 bits per heavy atom. The first kappa shape index (κ1) is 17.8. The van der Waals surface area contributed by atoms with Crippen molar-refractivity contribution in [2.24, 2.45) is 17.6 Å². The first-order valence-corrected chi connectivity index (χ1v) is 8.29. The van der Waals surface area contributed by atoms with Gasteiger partial charge in [-0.05, 0) is 38.0 Å². The van der Waals surface area contributed by atoms with Crippen molar-refractivity contribution in [1.82, 2.24) is 5.32 Å². The van der Waals surface area contributed by atoms with Crippen molar-refractivity contribution in [3.05, 3.63) is 0 Å². The summed E-state index contributed by atoms with van der Waals surface area (Å²) in [6.07, 6.45) is 13.6. The maximum atomic E-state index is 12.0. The monoisotopic (exact) mass is 302 g/mol. The van der Waals surface area contributed by atoms with E-state index in [2.05, 4.69) is 5.32 Å². The van der Waals surface area contributed by atoms with Crippen molar-refractivity contribution in [3.8, 4) is 0 Å². The lowest BCUT2D eigenvalue weighted by molar-refractivity contribution is -0.126. The zero-order chi connectivity index (χ0) is 13.5. The number of carbonyl (C=O) groups excluding carboxylic acids is 1. The molecule has 118 valence electrons. The van der Waals surface area contributed by atoms with Gasteiger partial charge in [-0.1, -0.05) is 38.5 Å². The molecule has 0 radical (unpaired) electrons. The van der Waals surface area contributed by atoms with Crippen molar-refractivity contribution < 1.29 is 4.79 Å². The first-order valence-electron chi connectivity index (χ1n) is 8.29. The highest BCUT2D eigenvalue weighted by molar-refractivity contribution is 5.85. The predicted molar refractivity (Wildman–Crippen MR) is 86.0 cm³/mol. The van der Waals surface area contributed by atoms with Gasteiger partial charge in [0.15, 0.2) is 0 Å². The van der Waals surface area contributed by atoms with E-state index in [4.69, 9.17) is 5.73 Å². The van der Waals surface area contributed by atoms with Crippen molar-refractivity contribution in [2.45, 2.75) is 76.7 Å². The van der Waals surface area contributed by atoms with Crippen LogP contribution in [0.15, 0.2) is 0 Å². The average molecular weight is 303 g/mol. The molecule has 2 aliphatic carbocycles. The zero-order valence-electron chi connectivity index (χ0n) is 12.6. The van der Waals surface area contributed by atoms with Gasteiger partial charge in [0.25, 0.3) is 0 Å². The molecule has 2 fully saturated rings. The summed E-state index contributed by atoms with van der Waals surface area (Å²) in [6.45, 7) is 0.862. The van der Waals surface area contributed by atoms with Crippen LogP contribution in [0.2, 0.25) is 0 Å². The van der Waals surface area contributed by atoms with Gasteiger partial charge < -0.3 is 11.1 Å². The van der Waals surface area contributed by atoms with Crippen molar-refractivity contribution in [2.75, 3.05) is 6.54 Å². The van der Waals surface area contributed by atoms with Gasteiger partial charge >= 0.3 is 0 Å². The Morgan fingerprint density at radius 3 is 2.50 bits per heavy atom. The number of carbonyl (C=O) groups is 1. The smallest absolute Gasteiger partial charge is 0.223 e. The van der Waals surface area contributed by atoms with Crippen molar-refractivity contribution in [1.29, 1.82) is 0 Å². The molecule has 2 saturated carbocycles. The number of halogens is 1. The van der Waals surface area contributed by atoms with Gasteiger partial charge in [-0.2, -0.15) is 0 Å². The number of rotatable bonds is 5. The van der Waals surface area contributed by atoms with Crippen LogP contribution in [-0.4, -0.2) is 18.5 Å². The minimum atomic E-state index is 0. The van der Waals surface area contributed by atoms with Crippen LogP contribution in [0, 0.1) is 11.8 Å². The standard InChI is InChI=1S/C16H30N2O.ClH/c17-15-10-4-9-14(12-15)16(19)18-11-5-8-13-6-2-1-3-7-13;/h13-15H,1-12,17H2,(H,18,19);1H. The molecule has 0 aromatic rings. The lowest BCUT2D eigenvalue weighted by Crippen LogP contribution is -2.38. The Balaban J connectivity index is 0.00000200. The van der Waals surface area contributed by atoms with Crippen molar-refractivity contribution in [3.63, 3.8) is 0 Å². The number of hydrogen-bond donors (Lipinski definition) is 2. The molecule has 20 heavy (non-hydrogen) atoms. The summed E-state index contributed by atoms with van der Waals surface area (Å²) in [6, 6.07) is 0.242. The summed E-state index contributed by atoms with van der Waals surface area (Å²) in [7, 11) is 0. The molecule has 0 aromatic carbocycles. The van der Waals surface area contributed by atoms with E-state index >= 15 is 0 Å². The summed E-state index contributed by atoms with van der Waals surface area (Å²) >= 11 is 0. The normalized spacial score (nSPS) is 27.6. The summed E-state index contributed by atoms with van der Waals surface area (Å²) in [5, 5.41) is 3.12. The largest absolute Gasteiger partial charge is 0.356 e. The Morgan fingerprint density at radius 1 is 1.05 bits per heavy atom. The van der Waals surface area contributed by atoms with E-state index < -0.39 is 0 Å². The number of hydrogen-bond acceptors (Lipinski definition) is 2. The molecule has 0 bridgehead atoms. The molecule has 0 saturated heterocycles. The molecule has 0 aliphatic heterocycles. The van der Waals surface area contributed by atoms with Gasteiger partial charge in [0, 0.05) is 18.5 Å². The van der Waals surface area contributed by atoms with E-state index in [1.54, 1.807) is 0 Å². The molecule has 2 atom stereocenters. The van der Waals surface area contributed by atoms with Gasteiger partial charge in [0.05, 0.1) is 0 Å². The Labute approximate surface area is 129 Å². The second-order valence-corrected chi connectivity index (χ2v) is 6.56. The maximum absolute atomic E-state index is 12.0. The third-order valence-electron chi connectivity index (χ3n) is 4.90. The quantitative estimate of drug-likeness (QED) is 0.765. The van der Waals surface area contributed by atoms with Crippen LogP contribution < -0.4 is 11.1 Å². The van der Waals surface area contributed by atoms with E-state index in [1.165, 1.54) is 38.5 Å². The fourth-order valence-electron chi connectivity index (χ4n) is 3.69. The Bertz CT molecular complexity index is 280. The fourth-order valence-corrected chi connectivity index (χ4v) is 3.69. The minimum Gasteiger partial charge on any atom is -0.356 e. The summed E-state index contributed by atoms with van der Waals surface area (Å²) in [5.41, 5.74) is 5.94. The summed E-state index contributed by atoms with van der Waals surface area (Å²) in [4.78, 5) is 12.0. The van der Waals surface area contributed by atoms with Gasteiger partial charge in [-0.25, -0.2) is 0 Å². The van der Waals surface area contributed by atoms with Crippen molar-refractivity contribution >= 4 is 18.3 Å². The third-order valence-corrected chi connectivity index (χ3v) is 4.90. The molecule has 3 nitrogen and oxygen atoms in total. The molecule has 2 unspecified atom stereocenters. The average Bonchev–Trinajstić information content (AvgIpc) is 2.44. The van der Waals surface area contributed by atoms with Crippen LogP contribution in [0.5, 0.6) is 0 Å². The molecule has 3 N–H and O–H groups in total. The molecular weight excluding hydrogens is 272 g/mol. The van der Waals surface area contributed by atoms with Crippen LogP contribution >= 0.6 is 12.4 Å². The van der Waals surface area contributed by atoms with Crippen LogP contribution in [-0.2, 0) is 4.79 Å². The SMILES string of the molecule is Cl.NC1CCCC(C(=O)NCCCC2CCCCC2)C1. The molecule has 0 spiro atoms. The second-order valence-electron chi connectivity index (χ2n) is 6.56. The van der Waals surface area contributed by atoms with E-state index in [9.17, 15) is 4.79 Å². The second kappa shape index (κ2) is 9.62. The highest BCUT2D eigenvalue weighted by Gasteiger charge is 2.24. The molecule has 0 aromatic heterocycles. The van der Waals surface area contributed by atoms with Gasteiger partial charge in [0.1, 0.15) is 0 Å². The molecule has 0 heterocycles. The maximum Gasteiger partial charge on any atom is 0.223 e. The van der Waals surface area contributed by atoms with Crippen LogP contribution in [0.25, 0.3) is 0 Å². The van der Waals surface area contributed by atoms with Gasteiger partial charge in [-0.3, -0.25) is 4.79 Å². The van der Waals surface area contributed by atoms with Gasteiger partial charge in [0.2, 0.25) is 5.91 Å². The third kappa shape index (κ3) is 6.01. The molecule has 1 amide bonds. The van der Waals surface area contributed by atoms with Crippen LogP contribution in [0.4, 0.5) is 0 Å². The molecule has 2 rings (SSSR count). The van der Waals surface area contributed by atoms with Gasteiger partial charge in [-0.15, -0.1) is 12.4 Å². The minimum absolute atomic E-state index is 0. The Kier molecular flexibility index (Phi) is 8.55. The van der Waals surface area contributed by atoms with E-state index in [0.717, 1.165) is 44.6 Å². The van der Waals surface area contributed by atoms with E-state index in [0.29, 0.717) is 0 Å². The summed E-state index contributed by atoms with van der Waals surface area (Å²) < 4.78 is 0. The number of amides is 1. The molecule has 4 heteroatoms. The fraction of sp³-hybridized carbons (Fsp3) is 0.938. The number of nitrogens with two attached hydrogens (primary N) is 1. The topological polar surface area (TPSA) is 55.1 Å². The molecule has 2 aliphatic rings. The molecular formula is C16H31ClN2O. The highest BCUT2D eigenvalue weighted by atomic mass is 35.5. The van der Waals surface area contributed by atoms with Crippen LogP contribution in [0.3, 0.4) is 0 Å².